The number of carbonyl (C=O) groups is 1. The van der Waals surface area contributed by atoms with Gasteiger partial charge in [-0.3, -0.25) is 0 Å². The zero-order valence-corrected chi connectivity index (χ0v) is 10.6. The molecule has 5 nitrogen and oxygen atoms in total. The molecule has 0 aliphatic carbocycles. The number of aliphatic hydroxyl groups is 2. The van der Waals surface area contributed by atoms with E-state index in [4.69, 9.17) is 5.73 Å². The van der Waals surface area contributed by atoms with Crippen molar-refractivity contribution in [3.8, 4) is 0 Å². The van der Waals surface area contributed by atoms with E-state index in [-0.39, 0.29) is 6.54 Å². The maximum atomic E-state index is 11.4. The highest BCUT2D eigenvalue weighted by molar-refractivity contribution is 5.89. The number of benzene rings is 1. The normalized spacial score (nSPS) is 14.1. The number of aryl methyl sites for hydroxylation is 1. The van der Waals surface area contributed by atoms with Crippen molar-refractivity contribution in [1.29, 1.82) is 0 Å². The maximum absolute atomic E-state index is 11.4. The van der Waals surface area contributed by atoms with E-state index in [1.165, 1.54) is 13.2 Å². The van der Waals surface area contributed by atoms with Crippen LogP contribution in [-0.4, -0.2) is 35.9 Å². The summed E-state index contributed by atoms with van der Waals surface area (Å²) in [6, 6.07) is 4.86. The number of ether oxygens (including phenoxy) is 1. The lowest BCUT2D eigenvalue weighted by Gasteiger charge is -2.19. The molecule has 2 unspecified atom stereocenters. The Morgan fingerprint density at radius 1 is 1.44 bits per heavy atom. The Labute approximate surface area is 106 Å². The molecule has 0 spiro atoms. The Hall–Kier alpha value is -1.43. The minimum atomic E-state index is -1.06. The molecule has 0 aromatic heterocycles. The van der Waals surface area contributed by atoms with Gasteiger partial charge in [-0.15, -0.1) is 0 Å². The lowest BCUT2D eigenvalue weighted by atomic mass is 9.96. The van der Waals surface area contributed by atoms with Crippen LogP contribution < -0.4 is 5.73 Å². The van der Waals surface area contributed by atoms with Crippen LogP contribution in [0.3, 0.4) is 0 Å². The van der Waals surface area contributed by atoms with Gasteiger partial charge < -0.3 is 20.7 Å². The minimum absolute atomic E-state index is 0.286. The van der Waals surface area contributed by atoms with Gasteiger partial charge in [0.25, 0.3) is 0 Å². The van der Waals surface area contributed by atoms with Crippen LogP contribution in [0, 0.1) is 6.92 Å². The standard InChI is InChI=1S/C13H19NO4/c1-8-3-4-9(13(17)18-2)7-10(8)12(16)11(15)5-6-14/h3-4,7,11-12,15-16H,5-6,14H2,1-2H3. The summed E-state index contributed by atoms with van der Waals surface area (Å²) in [5.74, 6) is -0.475. The van der Waals surface area contributed by atoms with E-state index < -0.39 is 18.2 Å². The largest absolute Gasteiger partial charge is 0.465 e. The molecule has 1 aromatic rings. The first-order valence-electron chi connectivity index (χ1n) is 5.76. The van der Waals surface area contributed by atoms with Gasteiger partial charge in [-0.05, 0) is 43.1 Å². The van der Waals surface area contributed by atoms with Crippen LogP contribution in [0.5, 0.6) is 0 Å². The molecule has 0 radical (unpaired) electrons. The fourth-order valence-electron chi connectivity index (χ4n) is 1.74. The van der Waals surface area contributed by atoms with Gasteiger partial charge in [0.15, 0.2) is 0 Å². The van der Waals surface area contributed by atoms with Gasteiger partial charge in [-0.2, -0.15) is 0 Å². The van der Waals surface area contributed by atoms with Crippen LogP contribution in [0.15, 0.2) is 18.2 Å². The first kappa shape index (κ1) is 14.6. The second-order valence-electron chi connectivity index (χ2n) is 4.15. The molecule has 100 valence electrons. The van der Waals surface area contributed by atoms with Crippen molar-refractivity contribution in [2.24, 2.45) is 5.73 Å². The third-order valence-electron chi connectivity index (χ3n) is 2.85. The van der Waals surface area contributed by atoms with Crippen molar-refractivity contribution < 1.29 is 19.7 Å². The first-order chi connectivity index (χ1) is 8.51. The Bertz CT molecular complexity index is 419. The molecule has 0 fully saturated rings. The van der Waals surface area contributed by atoms with E-state index in [2.05, 4.69) is 4.74 Å². The zero-order chi connectivity index (χ0) is 13.7. The summed E-state index contributed by atoms with van der Waals surface area (Å²) < 4.78 is 4.62. The second kappa shape index (κ2) is 6.49. The van der Waals surface area contributed by atoms with E-state index >= 15 is 0 Å². The van der Waals surface area contributed by atoms with E-state index in [1.54, 1.807) is 19.1 Å². The molecule has 0 heterocycles. The summed E-state index contributed by atoms with van der Waals surface area (Å²) in [6.45, 7) is 2.09. The van der Waals surface area contributed by atoms with Crippen molar-refractivity contribution >= 4 is 5.97 Å². The number of hydrogen-bond donors (Lipinski definition) is 3. The molecule has 4 N–H and O–H groups in total. The quantitative estimate of drug-likeness (QED) is 0.665. The summed E-state index contributed by atoms with van der Waals surface area (Å²) in [5, 5.41) is 19.8. The second-order valence-corrected chi connectivity index (χ2v) is 4.15. The third-order valence-corrected chi connectivity index (χ3v) is 2.85. The van der Waals surface area contributed by atoms with E-state index in [9.17, 15) is 15.0 Å². The molecule has 0 saturated carbocycles. The highest BCUT2D eigenvalue weighted by Gasteiger charge is 2.20. The summed E-state index contributed by atoms with van der Waals surface area (Å²) in [4.78, 5) is 11.4. The average Bonchev–Trinajstić information content (AvgIpc) is 2.37. The topological polar surface area (TPSA) is 92.8 Å². The van der Waals surface area contributed by atoms with Crippen LogP contribution in [0.4, 0.5) is 0 Å². The zero-order valence-electron chi connectivity index (χ0n) is 10.6. The van der Waals surface area contributed by atoms with Crippen molar-refractivity contribution in [2.75, 3.05) is 13.7 Å². The molecule has 1 aromatic carbocycles. The van der Waals surface area contributed by atoms with Crippen LogP contribution in [0.25, 0.3) is 0 Å². The summed E-state index contributed by atoms with van der Waals surface area (Å²) in [5.41, 5.74) is 6.99. The van der Waals surface area contributed by atoms with Crippen LogP contribution >= 0.6 is 0 Å². The van der Waals surface area contributed by atoms with Gasteiger partial charge in [-0.1, -0.05) is 6.07 Å². The Morgan fingerprint density at radius 3 is 2.67 bits per heavy atom. The number of carbonyl (C=O) groups excluding carboxylic acids is 1. The first-order valence-corrected chi connectivity index (χ1v) is 5.76. The predicted octanol–water partition coefficient (Wildman–Crippen LogP) is 0.525. The molecule has 0 bridgehead atoms. The molecular formula is C13H19NO4. The molecule has 18 heavy (non-hydrogen) atoms. The van der Waals surface area contributed by atoms with Crippen molar-refractivity contribution in [1.82, 2.24) is 0 Å². The van der Waals surface area contributed by atoms with Gasteiger partial charge in [0.2, 0.25) is 0 Å². The van der Waals surface area contributed by atoms with Crippen LogP contribution in [-0.2, 0) is 4.74 Å². The average molecular weight is 253 g/mol. The van der Waals surface area contributed by atoms with Gasteiger partial charge in [0, 0.05) is 0 Å². The van der Waals surface area contributed by atoms with Crippen molar-refractivity contribution in [2.45, 2.75) is 25.6 Å². The Kier molecular flexibility index (Phi) is 5.27. The molecule has 2 atom stereocenters. The smallest absolute Gasteiger partial charge is 0.337 e. The van der Waals surface area contributed by atoms with Gasteiger partial charge in [-0.25, -0.2) is 4.79 Å². The number of aliphatic hydroxyl groups excluding tert-OH is 2. The van der Waals surface area contributed by atoms with Crippen molar-refractivity contribution in [3.63, 3.8) is 0 Å². The van der Waals surface area contributed by atoms with E-state index in [0.29, 0.717) is 17.5 Å². The summed E-state index contributed by atoms with van der Waals surface area (Å²) in [7, 11) is 1.29. The number of methoxy groups -OCH3 is 1. The van der Waals surface area contributed by atoms with Crippen molar-refractivity contribution in [3.05, 3.63) is 34.9 Å². The molecule has 1 rings (SSSR count). The monoisotopic (exact) mass is 253 g/mol. The fourth-order valence-corrected chi connectivity index (χ4v) is 1.74. The van der Waals surface area contributed by atoms with Gasteiger partial charge in [0.05, 0.1) is 18.8 Å². The molecular weight excluding hydrogens is 234 g/mol. The molecule has 0 amide bonds. The maximum Gasteiger partial charge on any atom is 0.337 e. The van der Waals surface area contributed by atoms with Crippen LogP contribution in [0.2, 0.25) is 0 Å². The lowest BCUT2D eigenvalue weighted by molar-refractivity contribution is 0.0145. The minimum Gasteiger partial charge on any atom is -0.465 e. The van der Waals surface area contributed by atoms with E-state index in [1.807, 2.05) is 0 Å². The molecule has 0 aliphatic rings. The number of esters is 1. The number of hydrogen-bond acceptors (Lipinski definition) is 5. The SMILES string of the molecule is COC(=O)c1ccc(C)c(C(O)C(O)CCN)c1. The third kappa shape index (κ3) is 3.29. The number of rotatable bonds is 5. The highest BCUT2D eigenvalue weighted by atomic mass is 16.5. The summed E-state index contributed by atoms with van der Waals surface area (Å²) >= 11 is 0. The molecule has 0 saturated heterocycles. The van der Waals surface area contributed by atoms with Gasteiger partial charge in [0.1, 0.15) is 6.10 Å². The van der Waals surface area contributed by atoms with E-state index in [0.717, 1.165) is 5.56 Å². The summed E-state index contributed by atoms with van der Waals surface area (Å²) in [6.07, 6.45) is -1.71. The molecule has 5 heteroatoms. The Morgan fingerprint density at radius 2 is 2.11 bits per heavy atom. The van der Waals surface area contributed by atoms with Crippen LogP contribution in [0.1, 0.15) is 34.0 Å². The van der Waals surface area contributed by atoms with Gasteiger partial charge >= 0.3 is 5.97 Å². The Balaban J connectivity index is 3.03. The highest BCUT2D eigenvalue weighted by Crippen LogP contribution is 2.23. The predicted molar refractivity (Wildman–Crippen MR) is 67.2 cm³/mol. The number of nitrogens with two attached hydrogens (primary N) is 1. The molecule has 0 aliphatic heterocycles. The lowest BCUT2D eigenvalue weighted by Crippen LogP contribution is -2.22. The fraction of sp³-hybridized carbons (Fsp3) is 0.462.